The molecular formula is C24H19ClN2O3. The molecule has 4 rings (SSSR count). The lowest BCUT2D eigenvalue weighted by atomic mass is 10.1. The lowest BCUT2D eigenvalue weighted by Crippen LogP contribution is -2.14. The van der Waals surface area contributed by atoms with Crippen molar-refractivity contribution in [3.8, 4) is 28.5 Å². The molecule has 0 atom stereocenters. The van der Waals surface area contributed by atoms with Gasteiger partial charge < -0.3 is 14.5 Å². The van der Waals surface area contributed by atoms with Crippen molar-refractivity contribution in [3.63, 3.8) is 0 Å². The summed E-state index contributed by atoms with van der Waals surface area (Å²) in [7, 11) is 1.61. The molecule has 1 amide bonds. The third kappa shape index (κ3) is 3.93. The Balaban J connectivity index is 1.66. The summed E-state index contributed by atoms with van der Waals surface area (Å²) in [5, 5.41) is 3.52. The molecule has 0 aliphatic carbocycles. The first kappa shape index (κ1) is 19.7. The van der Waals surface area contributed by atoms with E-state index in [-0.39, 0.29) is 5.91 Å². The number of aromatic nitrogens is 1. The third-order valence-corrected chi connectivity index (χ3v) is 5.19. The zero-order valence-corrected chi connectivity index (χ0v) is 17.2. The van der Waals surface area contributed by atoms with Gasteiger partial charge in [-0.15, -0.1) is 0 Å². The van der Waals surface area contributed by atoms with Crippen molar-refractivity contribution in [3.05, 3.63) is 89.1 Å². The highest BCUT2D eigenvalue weighted by atomic mass is 35.5. The van der Waals surface area contributed by atoms with Crippen LogP contribution in [-0.2, 0) is 0 Å². The Kier molecular flexibility index (Phi) is 5.55. The van der Waals surface area contributed by atoms with E-state index < -0.39 is 0 Å². The Hall–Kier alpha value is -3.57. The molecule has 5 nitrogen and oxygen atoms in total. The zero-order valence-electron chi connectivity index (χ0n) is 16.5. The van der Waals surface area contributed by atoms with Crippen LogP contribution >= 0.6 is 11.6 Å². The van der Waals surface area contributed by atoms with Crippen LogP contribution in [0.5, 0.6) is 5.75 Å². The molecule has 0 bridgehead atoms. The van der Waals surface area contributed by atoms with Crippen LogP contribution in [-0.4, -0.2) is 18.0 Å². The third-order valence-electron chi connectivity index (χ3n) is 4.78. The second-order valence-corrected chi connectivity index (χ2v) is 7.08. The number of carbonyl (C=O) groups excluding carboxylic acids is 1. The summed E-state index contributed by atoms with van der Waals surface area (Å²) in [6, 6.07) is 20.1. The van der Waals surface area contributed by atoms with Crippen molar-refractivity contribution in [2.24, 2.45) is 0 Å². The quantitative estimate of drug-likeness (QED) is 0.417. The molecule has 0 spiro atoms. The van der Waals surface area contributed by atoms with Gasteiger partial charge in [0, 0.05) is 21.8 Å². The summed E-state index contributed by atoms with van der Waals surface area (Å²) in [5.74, 6) is 1.41. The fourth-order valence-corrected chi connectivity index (χ4v) is 3.28. The zero-order chi connectivity index (χ0) is 21.1. The summed E-state index contributed by atoms with van der Waals surface area (Å²) < 4.78 is 11.2. The average molecular weight is 419 g/mol. The number of anilines is 1. The molecule has 0 fully saturated rings. The van der Waals surface area contributed by atoms with Crippen LogP contribution in [0.25, 0.3) is 22.8 Å². The van der Waals surface area contributed by atoms with Crippen LogP contribution in [0.15, 0.2) is 77.3 Å². The van der Waals surface area contributed by atoms with Crippen LogP contribution in [0, 0.1) is 6.92 Å². The summed E-state index contributed by atoms with van der Waals surface area (Å²) in [5.41, 5.74) is 3.36. The number of carbonyl (C=O) groups is 1. The number of ether oxygens (including phenoxy) is 1. The van der Waals surface area contributed by atoms with E-state index in [0.717, 1.165) is 16.9 Å². The van der Waals surface area contributed by atoms with Gasteiger partial charge in [0.05, 0.1) is 18.9 Å². The molecule has 0 saturated heterocycles. The van der Waals surface area contributed by atoms with Crippen LogP contribution in [0.2, 0.25) is 5.02 Å². The Morgan fingerprint density at radius 2 is 1.87 bits per heavy atom. The van der Waals surface area contributed by atoms with E-state index in [9.17, 15) is 4.79 Å². The number of nitrogens with zero attached hydrogens (tertiary/aromatic N) is 1. The van der Waals surface area contributed by atoms with E-state index in [1.54, 1.807) is 43.6 Å². The van der Waals surface area contributed by atoms with Crippen molar-refractivity contribution in [2.75, 3.05) is 12.4 Å². The molecule has 0 saturated carbocycles. The number of halogens is 1. The normalized spacial score (nSPS) is 10.6. The highest BCUT2D eigenvalue weighted by Gasteiger charge is 2.18. The molecule has 0 aliphatic heterocycles. The first-order chi connectivity index (χ1) is 14.6. The summed E-state index contributed by atoms with van der Waals surface area (Å²) in [6.45, 7) is 1.86. The van der Waals surface area contributed by atoms with Gasteiger partial charge in [-0.3, -0.25) is 4.79 Å². The molecule has 0 aliphatic rings. The lowest BCUT2D eigenvalue weighted by Gasteiger charge is -2.11. The Morgan fingerprint density at radius 3 is 2.70 bits per heavy atom. The smallest absolute Gasteiger partial charge is 0.256 e. The lowest BCUT2D eigenvalue weighted by molar-refractivity contribution is 0.102. The number of rotatable bonds is 5. The predicted octanol–water partition coefficient (Wildman–Crippen LogP) is 6.23. The van der Waals surface area contributed by atoms with Crippen molar-refractivity contribution in [1.82, 2.24) is 4.98 Å². The minimum absolute atomic E-state index is 0.267. The van der Waals surface area contributed by atoms with E-state index in [4.69, 9.17) is 20.8 Å². The van der Waals surface area contributed by atoms with E-state index in [2.05, 4.69) is 10.3 Å². The number of benzene rings is 3. The molecular weight excluding hydrogens is 400 g/mol. The van der Waals surface area contributed by atoms with Gasteiger partial charge in [0.2, 0.25) is 5.89 Å². The minimum Gasteiger partial charge on any atom is -0.497 e. The number of amides is 1. The fraction of sp³-hybridized carbons (Fsp3) is 0.0833. The van der Waals surface area contributed by atoms with Gasteiger partial charge >= 0.3 is 0 Å². The first-order valence-electron chi connectivity index (χ1n) is 9.33. The van der Waals surface area contributed by atoms with Gasteiger partial charge in [-0.25, -0.2) is 4.98 Å². The van der Waals surface area contributed by atoms with Crippen molar-refractivity contribution < 1.29 is 13.9 Å². The average Bonchev–Trinajstić information content (AvgIpc) is 3.27. The van der Waals surface area contributed by atoms with E-state index in [1.165, 1.54) is 0 Å². The Bertz CT molecular complexity index is 1220. The number of hydrogen-bond donors (Lipinski definition) is 1. The number of nitrogens with one attached hydrogen (secondary N) is 1. The van der Waals surface area contributed by atoms with Crippen molar-refractivity contribution in [2.45, 2.75) is 6.92 Å². The van der Waals surface area contributed by atoms with Gasteiger partial charge in [-0.1, -0.05) is 41.9 Å². The summed E-state index contributed by atoms with van der Waals surface area (Å²) in [6.07, 6.45) is 1.64. The first-order valence-corrected chi connectivity index (χ1v) is 9.70. The van der Waals surface area contributed by atoms with E-state index in [1.807, 2.05) is 43.3 Å². The maximum atomic E-state index is 13.0. The van der Waals surface area contributed by atoms with Gasteiger partial charge in [-0.2, -0.15) is 0 Å². The highest BCUT2D eigenvalue weighted by Crippen LogP contribution is 2.30. The Morgan fingerprint density at radius 1 is 1.07 bits per heavy atom. The maximum absolute atomic E-state index is 13.0. The van der Waals surface area contributed by atoms with Crippen LogP contribution in [0.1, 0.15) is 15.9 Å². The topological polar surface area (TPSA) is 64.4 Å². The van der Waals surface area contributed by atoms with Gasteiger partial charge in [-0.05, 0) is 48.9 Å². The number of hydrogen-bond acceptors (Lipinski definition) is 4. The second-order valence-electron chi connectivity index (χ2n) is 6.67. The molecule has 1 N–H and O–H groups in total. The van der Waals surface area contributed by atoms with Crippen LogP contribution in [0.3, 0.4) is 0 Å². The standard InChI is InChI=1S/C24H19ClN2O3/c1-15-20(25)11-6-12-21(15)27-23(28)18-9-3-4-10-19(18)24-26-14-22(30-24)16-7-5-8-17(13-16)29-2/h3-14H,1-2H3,(H,27,28). The minimum atomic E-state index is -0.267. The number of methoxy groups -OCH3 is 1. The monoisotopic (exact) mass is 418 g/mol. The highest BCUT2D eigenvalue weighted by molar-refractivity contribution is 6.31. The molecule has 1 heterocycles. The molecule has 3 aromatic carbocycles. The summed E-state index contributed by atoms with van der Waals surface area (Å²) in [4.78, 5) is 17.4. The van der Waals surface area contributed by atoms with E-state index in [0.29, 0.717) is 33.5 Å². The fourth-order valence-electron chi connectivity index (χ4n) is 3.11. The molecule has 0 unspecified atom stereocenters. The van der Waals surface area contributed by atoms with E-state index >= 15 is 0 Å². The molecule has 0 radical (unpaired) electrons. The molecule has 6 heteroatoms. The van der Waals surface area contributed by atoms with Crippen molar-refractivity contribution >= 4 is 23.2 Å². The molecule has 1 aromatic heterocycles. The van der Waals surface area contributed by atoms with Crippen LogP contribution < -0.4 is 10.1 Å². The Labute approximate surface area is 179 Å². The van der Waals surface area contributed by atoms with Crippen molar-refractivity contribution in [1.29, 1.82) is 0 Å². The van der Waals surface area contributed by atoms with Gasteiger partial charge in [0.15, 0.2) is 5.76 Å². The van der Waals surface area contributed by atoms with Gasteiger partial charge in [0.1, 0.15) is 5.75 Å². The predicted molar refractivity (Wildman–Crippen MR) is 118 cm³/mol. The molecule has 4 aromatic rings. The summed E-state index contributed by atoms with van der Waals surface area (Å²) >= 11 is 6.17. The largest absolute Gasteiger partial charge is 0.497 e. The maximum Gasteiger partial charge on any atom is 0.256 e. The molecule has 150 valence electrons. The van der Waals surface area contributed by atoms with Crippen LogP contribution in [0.4, 0.5) is 5.69 Å². The second kappa shape index (κ2) is 8.43. The van der Waals surface area contributed by atoms with Gasteiger partial charge in [0.25, 0.3) is 5.91 Å². The molecule has 30 heavy (non-hydrogen) atoms. The SMILES string of the molecule is COc1cccc(-c2cnc(-c3ccccc3C(=O)Nc3cccc(Cl)c3C)o2)c1. The number of oxazole rings is 1.